The zero-order valence-corrected chi connectivity index (χ0v) is 18.1. The van der Waals surface area contributed by atoms with Crippen LogP contribution in [0, 0.1) is 5.92 Å². The third-order valence-corrected chi connectivity index (χ3v) is 2.96. The Hall–Kier alpha value is -1.83. The topological polar surface area (TPSA) is 103 Å². The largest absolute Gasteiger partial charge is 0.458 e. The van der Waals surface area contributed by atoms with Gasteiger partial charge in [-0.3, -0.25) is 4.79 Å². The van der Waals surface area contributed by atoms with Gasteiger partial charge in [0, 0.05) is 0 Å². The fourth-order valence-corrected chi connectivity index (χ4v) is 1.71. The zero-order chi connectivity index (χ0) is 21.4. The van der Waals surface area contributed by atoms with Gasteiger partial charge in [-0.1, -0.05) is 13.8 Å². The molecule has 0 aromatic heterocycles. The van der Waals surface area contributed by atoms with E-state index in [0.29, 0.717) is 0 Å². The minimum atomic E-state index is -1.01. The van der Waals surface area contributed by atoms with Gasteiger partial charge in [0.05, 0.1) is 18.8 Å². The molecule has 2 N–H and O–H groups in total. The summed E-state index contributed by atoms with van der Waals surface area (Å²) in [6.07, 6.45) is -0.716. The summed E-state index contributed by atoms with van der Waals surface area (Å²) >= 11 is 0. The van der Waals surface area contributed by atoms with Gasteiger partial charge in [-0.15, -0.1) is 0 Å². The second-order valence-electron chi connectivity index (χ2n) is 8.88. The number of esters is 1. The lowest BCUT2D eigenvalue weighted by atomic mass is 10.2. The molecule has 2 amide bonds. The van der Waals surface area contributed by atoms with E-state index in [4.69, 9.17) is 14.2 Å². The van der Waals surface area contributed by atoms with E-state index in [-0.39, 0.29) is 19.1 Å². The van der Waals surface area contributed by atoms with Crippen LogP contribution < -0.4 is 10.6 Å². The molecule has 8 nitrogen and oxygen atoms in total. The van der Waals surface area contributed by atoms with Crippen molar-refractivity contribution in [2.24, 2.45) is 5.92 Å². The molecule has 0 rings (SSSR count). The Labute approximate surface area is 162 Å². The average molecular weight is 389 g/mol. The maximum Gasteiger partial charge on any atom is 0.407 e. The number of ether oxygens (including phenoxy) is 3. The van der Waals surface area contributed by atoms with Crippen molar-refractivity contribution in [1.82, 2.24) is 10.6 Å². The molecule has 27 heavy (non-hydrogen) atoms. The summed E-state index contributed by atoms with van der Waals surface area (Å²) in [5.41, 5.74) is -1.16. The molecule has 8 heteroatoms. The summed E-state index contributed by atoms with van der Waals surface area (Å²) in [4.78, 5) is 36.5. The van der Waals surface area contributed by atoms with Crippen molar-refractivity contribution in [2.45, 2.75) is 85.6 Å². The van der Waals surface area contributed by atoms with Crippen LogP contribution in [0.25, 0.3) is 0 Å². The predicted molar refractivity (Wildman–Crippen MR) is 102 cm³/mol. The van der Waals surface area contributed by atoms with E-state index in [2.05, 4.69) is 10.6 Å². The van der Waals surface area contributed by atoms with Gasteiger partial charge in [0.25, 0.3) is 0 Å². The smallest absolute Gasteiger partial charge is 0.407 e. The minimum Gasteiger partial charge on any atom is -0.458 e. The van der Waals surface area contributed by atoms with E-state index in [1.54, 1.807) is 20.8 Å². The summed E-state index contributed by atoms with van der Waals surface area (Å²) in [5.74, 6) is -0.950. The summed E-state index contributed by atoms with van der Waals surface area (Å²) in [6.45, 7) is 16.2. The summed E-state index contributed by atoms with van der Waals surface area (Å²) in [6, 6.07) is -1.88. The van der Waals surface area contributed by atoms with Crippen LogP contribution in [-0.2, 0) is 23.8 Å². The highest BCUT2D eigenvalue weighted by Gasteiger charge is 2.29. The molecule has 0 aliphatic carbocycles. The fourth-order valence-electron chi connectivity index (χ4n) is 1.71. The molecule has 0 heterocycles. The normalized spacial score (nSPS) is 14.3. The van der Waals surface area contributed by atoms with Crippen LogP contribution in [0.1, 0.15) is 62.3 Å². The van der Waals surface area contributed by atoms with Crippen molar-refractivity contribution in [1.29, 1.82) is 0 Å². The van der Waals surface area contributed by atoms with Gasteiger partial charge in [-0.2, -0.15) is 0 Å². The first-order valence-electron chi connectivity index (χ1n) is 9.21. The molecule has 0 fully saturated rings. The fraction of sp³-hybridized carbons (Fsp3) is 0.842. The number of nitrogens with one attached hydrogen (secondary N) is 2. The number of carbonyl (C=O) groups is 3. The summed E-state index contributed by atoms with van der Waals surface area (Å²) < 4.78 is 15.9. The number of alkyl carbamates (subject to hydrolysis) is 1. The van der Waals surface area contributed by atoms with Gasteiger partial charge in [0.2, 0.25) is 5.91 Å². The number of amides is 2. The monoisotopic (exact) mass is 388 g/mol. The molecule has 0 saturated carbocycles. The second-order valence-corrected chi connectivity index (χ2v) is 8.88. The third-order valence-electron chi connectivity index (χ3n) is 2.96. The highest BCUT2D eigenvalue weighted by molar-refractivity contribution is 5.89. The average Bonchev–Trinajstić information content (AvgIpc) is 2.46. The van der Waals surface area contributed by atoms with Crippen LogP contribution in [0.5, 0.6) is 0 Å². The van der Waals surface area contributed by atoms with Crippen molar-refractivity contribution < 1.29 is 28.6 Å². The van der Waals surface area contributed by atoms with Gasteiger partial charge < -0.3 is 24.8 Å². The van der Waals surface area contributed by atoms with Crippen LogP contribution in [0.3, 0.4) is 0 Å². The van der Waals surface area contributed by atoms with Crippen LogP contribution >= 0.6 is 0 Å². The van der Waals surface area contributed by atoms with Gasteiger partial charge in [0.15, 0.2) is 0 Å². The maximum absolute atomic E-state index is 12.5. The highest BCUT2D eigenvalue weighted by atomic mass is 16.6. The lowest BCUT2D eigenvalue weighted by Gasteiger charge is -2.26. The van der Waals surface area contributed by atoms with Crippen molar-refractivity contribution in [3.05, 3.63) is 0 Å². The van der Waals surface area contributed by atoms with Crippen molar-refractivity contribution in [2.75, 3.05) is 13.2 Å². The molecule has 0 radical (unpaired) electrons. The number of carbonyl (C=O) groups excluding carboxylic acids is 3. The first-order chi connectivity index (χ1) is 12.1. The molecule has 0 aromatic rings. The quantitative estimate of drug-likeness (QED) is 0.619. The Morgan fingerprint density at radius 2 is 1.41 bits per heavy atom. The van der Waals surface area contributed by atoms with Crippen molar-refractivity contribution in [3.63, 3.8) is 0 Å². The van der Waals surface area contributed by atoms with Gasteiger partial charge in [-0.25, -0.2) is 9.59 Å². The molecule has 0 aliphatic rings. The number of hydrogen-bond acceptors (Lipinski definition) is 6. The van der Waals surface area contributed by atoms with Crippen LogP contribution in [-0.4, -0.2) is 54.5 Å². The molecule has 0 spiro atoms. The minimum absolute atomic E-state index is 0.0624. The molecule has 158 valence electrons. The van der Waals surface area contributed by atoms with Crippen molar-refractivity contribution >= 4 is 18.0 Å². The predicted octanol–water partition coefficient (Wildman–Crippen LogP) is 2.40. The lowest BCUT2D eigenvalue weighted by molar-refractivity contribution is -0.158. The number of hydrogen-bond donors (Lipinski definition) is 2. The maximum atomic E-state index is 12.5. The van der Waals surface area contributed by atoms with Gasteiger partial charge >= 0.3 is 12.1 Å². The summed E-state index contributed by atoms with van der Waals surface area (Å²) in [5, 5.41) is 5.03. The second kappa shape index (κ2) is 10.5. The Balaban J connectivity index is 4.94. The Bertz CT molecular complexity index is 505. The van der Waals surface area contributed by atoms with Crippen LogP contribution in [0.15, 0.2) is 0 Å². The van der Waals surface area contributed by atoms with Gasteiger partial charge in [-0.05, 0) is 54.4 Å². The summed E-state index contributed by atoms with van der Waals surface area (Å²) in [7, 11) is 0. The highest BCUT2D eigenvalue weighted by Crippen LogP contribution is 2.10. The molecule has 2 atom stereocenters. The Morgan fingerprint density at radius 3 is 1.85 bits per heavy atom. The molecule has 0 aliphatic heterocycles. The van der Waals surface area contributed by atoms with E-state index >= 15 is 0 Å². The SMILES string of the molecule is CC(C)COC(=O)N[C@H](COC(C)(C)C)C(=O)N[C@@H](C)C(=O)OC(C)(C)C. The lowest BCUT2D eigenvalue weighted by Crippen LogP contribution is -2.54. The molecular weight excluding hydrogens is 352 g/mol. The Kier molecular flexibility index (Phi) is 9.78. The van der Waals surface area contributed by atoms with Gasteiger partial charge in [0.1, 0.15) is 17.7 Å². The standard InChI is InChI=1S/C19H36N2O6/c1-12(2)10-25-17(24)21-14(11-26-18(4,5)6)15(22)20-13(3)16(23)27-19(7,8)9/h12-14H,10-11H2,1-9H3,(H,20,22)(H,21,24)/t13-,14+/m0/s1. The zero-order valence-electron chi connectivity index (χ0n) is 18.1. The first-order valence-corrected chi connectivity index (χ1v) is 9.21. The Morgan fingerprint density at radius 1 is 0.852 bits per heavy atom. The molecule has 0 unspecified atom stereocenters. The molecule has 0 aromatic carbocycles. The van der Waals surface area contributed by atoms with Crippen LogP contribution in [0.2, 0.25) is 0 Å². The van der Waals surface area contributed by atoms with E-state index in [1.807, 2.05) is 34.6 Å². The van der Waals surface area contributed by atoms with E-state index < -0.39 is 41.3 Å². The molecule has 0 saturated heterocycles. The van der Waals surface area contributed by atoms with Crippen molar-refractivity contribution in [3.8, 4) is 0 Å². The third kappa shape index (κ3) is 13.1. The number of rotatable bonds is 8. The van der Waals surface area contributed by atoms with E-state index in [1.165, 1.54) is 6.92 Å². The molecular formula is C19H36N2O6. The van der Waals surface area contributed by atoms with Crippen LogP contribution in [0.4, 0.5) is 4.79 Å². The van der Waals surface area contributed by atoms with E-state index in [9.17, 15) is 14.4 Å². The van der Waals surface area contributed by atoms with E-state index in [0.717, 1.165) is 0 Å². The first kappa shape index (κ1) is 25.2. The molecule has 0 bridgehead atoms.